The molecule has 0 aliphatic rings. The van der Waals surface area contributed by atoms with E-state index in [1.165, 1.54) is 19.2 Å². The zero-order valence-corrected chi connectivity index (χ0v) is 11.3. The Hall–Kier alpha value is -1.10. The molecule has 1 unspecified atom stereocenters. The molecule has 2 aromatic rings. The molecule has 1 aromatic carbocycles. The zero-order valence-electron chi connectivity index (χ0n) is 9.78. The summed E-state index contributed by atoms with van der Waals surface area (Å²) in [5.41, 5.74) is -0.663. The van der Waals surface area contributed by atoms with E-state index >= 15 is 0 Å². The summed E-state index contributed by atoms with van der Waals surface area (Å²) in [4.78, 5) is 0. The van der Waals surface area contributed by atoms with Gasteiger partial charge in [0, 0.05) is 29.4 Å². The number of aromatic nitrogens is 2. The second-order valence-electron chi connectivity index (χ2n) is 4.22. The van der Waals surface area contributed by atoms with Crippen LogP contribution in [0.3, 0.4) is 0 Å². The molecule has 0 aliphatic heterocycles. The van der Waals surface area contributed by atoms with Crippen molar-refractivity contribution in [2.24, 2.45) is 7.05 Å². The van der Waals surface area contributed by atoms with Crippen LogP contribution in [0.15, 0.2) is 24.5 Å². The minimum Gasteiger partial charge on any atom is -0.381 e. The molecular formula is C12H11Cl2FN2O. The van der Waals surface area contributed by atoms with Crippen molar-refractivity contribution in [3.8, 4) is 0 Å². The van der Waals surface area contributed by atoms with Gasteiger partial charge in [0.2, 0.25) is 0 Å². The Balaban J connectivity index is 2.57. The van der Waals surface area contributed by atoms with E-state index < -0.39 is 11.4 Å². The summed E-state index contributed by atoms with van der Waals surface area (Å²) in [7, 11) is 1.73. The van der Waals surface area contributed by atoms with E-state index in [0.717, 1.165) is 6.07 Å². The molecule has 0 saturated carbocycles. The molecule has 3 nitrogen and oxygen atoms in total. The normalized spacial score (nSPS) is 14.6. The first kappa shape index (κ1) is 13.3. The third-order valence-electron chi connectivity index (χ3n) is 2.80. The Kier molecular flexibility index (Phi) is 3.36. The number of nitrogens with zero attached hydrogens (tertiary/aromatic N) is 2. The molecule has 1 heterocycles. The fraction of sp³-hybridized carbons (Fsp3) is 0.250. The van der Waals surface area contributed by atoms with E-state index in [-0.39, 0.29) is 15.6 Å². The molecule has 96 valence electrons. The Labute approximate surface area is 114 Å². The highest BCUT2D eigenvalue weighted by molar-refractivity contribution is 6.35. The third kappa shape index (κ3) is 2.23. The van der Waals surface area contributed by atoms with Crippen molar-refractivity contribution in [1.29, 1.82) is 0 Å². The summed E-state index contributed by atoms with van der Waals surface area (Å²) in [6.45, 7) is 1.53. The molecule has 1 aromatic heterocycles. The van der Waals surface area contributed by atoms with Gasteiger partial charge in [-0.15, -0.1) is 0 Å². The molecule has 1 atom stereocenters. The van der Waals surface area contributed by atoms with Crippen molar-refractivity contribution in [2.45, 2.75) is 12.5 Å². The third-order valence-corrected chi connectivity index (χ3v) is 3.40. The number of hydrogen-bond donors (Lipinski definition) is 1. The van der Waals surface area contributed by atoms with Crippen LogP contribution in [-0.4, -0.2) is 14.9 Å². The average Bonchev–Trinajstić information content (AvgIpc) is 2.70. The van der Waals surface area contributed by atoms with Gasteiger partial charge >= 0.3 is 0 Å². The lowest BCUT2D eigenvalue weighted by Gasteiger charge is -2.24. The number of hydrogen-bond acceptors (Lipinski definition) is 2. The van der Waals surface area contributed by atoms with Gasteiger partial charge in [-0.25, -0.2) is 4.39 Å². The first-order chi connectivity index (χ1) is 8.32. The molecule has 0 bridgehead atoms. The number of benzene rings is 1. The van der Waals surface area contributed by atoms with Crippen molar-refractivity contribution in [2.75, 3.05) is 0 Å². The predicted octanol–water partition coefficient (Wildman–Crippen LogP) is 3.12. The van der Waals surface area contributed by atoms with Crippen molar-refractivity contribution in [3.05, 3.63) is 51.5 Å². The Morgan fingerprint density at radius 3 is 2.56 bits per heavy atom. The van der Waals surface area contributed by atoms with Gasteiger partial charge in [0.15, 0.2) is 0 Å². The SMILES string of the molecule is Cn1cc(C(C)(O)c2cc(F)c(Cl)cc2Cl)cn1. The van der Waals surface area contributed by atoms with Gasteiger partial charge in [0.05, 0.1) is 11.2 Å². The van der Waals surface area contributed by atoms with Crippen molar-refractivity contribution in [1.82, 2.24) is 9.78 Å². The Bertz CT molecular complexity index is 596. The van der Waals surface area contributed by atoms with Gasteiger partial charge in [-0.05, 0) is 19.1 Å². The van der Waals surface area contributed by atoms with Crippen LogP contribution < -0.4 is 0 Å². The molecule has 0 spiro atoms. The van der Waals surface area contributed by atoms with Crippen LogP contribution in [0.4, 0.5) is 4.39 Å². The number of aryl methyl sites for hydroxylation is 1. The fourth-order valence-electron chi connectivity index (χ4n) is 1.72. The lowest BCUT2D eigenvalue weighted by Crippen LogP contribution is -2.23. The van der Waals surface area contributed by atoms with E-state index in [1.807, 2.05) is 0 Å². The summed E-state index contributed by atoms with van der Waals surface area (Å²) >= 11 is 11.6. The van der Waals surface area contributed by atoms with Crippen molar-refractivity contribution < 1.29 is 9.50 Å². The number of halogens is 3. The second kappa shape index (κ2) is 4.53. The summed E-state index contributed by atoms with van der Waals surface area (Å²) < 4.78 is 15.0. The van der Waals surface area contributed by atoms with Crippen LogP contribution in [0, 0.1) is 5.82 Å². The van der Waals surface area contributed by atoms with E-state index in [1.54, 1.807) is 17.9 Å². The Morgan fingerprint density at radius 2 is 2.00 bits per heavy atom. The predicted molar refractivity (Wildman–Crippen MR) is 68.3 cm³/mol. The molecule has 1 N–H and O–H groups in total. The topological polar surface area (TPSA) is 38.0 Å². The average molecular weight is 289 g/mol. The van der Waals surface area contributed by atoms with Crippen LogP contribution in [0.2, 0.25) is 10.0 Å². The number of aliphatic hydroxyl groups is 1. The van der Waals surface area contributed by atoms with E-state index in [9.17, 15) is 9.50 Å². The summed E-state index contributed by atoms with van der Waals surface area (Å²) in [5.74, 6) is -0.625. The minimum absolute atomic E-state index is 0.0780. The maximum absolute atomic E-state index is 13.5. The molecule has 0 aliphatic carbocycles. The summed E-state index contributed by atoms with van der Waals surface area (Å²) in [6, 6.07) is 2.41. The van der Waals surface area contributed by atoms with Crippen LogP contribution in [0.25, 0.3) is 0 Å². The van der Waals surface area contributed by atoms with Crippen LogP contribution in [-0.2, 0) is 12.6 Å². The molecule has 18 heavy (non-hydrogen) atoms. The van der Waals surface area contributed by atoms with Crippen molar-refractivity contribution >= 4 is 23.2 Å². The zero-order chi connectivity index (χ0) is 13.5. The highest BCUT2D eigenvalue weighted by atomic mass is 35.5. The highest BCUT2D eigenvalue weighted by Gasteiger charge is 2.30. The summed E-state index contributed by atoms with van der Waals surface area (Å²) in [6.07, 6.45) is 3.14. The minimum atomic E-state index is -1.43. The van der Waals surface area contributed by atoms with Gasteiger partial charge in [-0.1, -0.05) is 23.2 Å². The quantitative estimate of drug-likeness (QED) is 0.863. The van der Waals surface area contributed by atoms with Crippen LogP contribution in [0.5, 0.6) is 0 Å². The van der Waals surface area contributed by atoms with Crippen LogP contribution >= 0.6 is 23.2 Å². The summed E-state index contributed by atoms with van der Waals surface area (Å²) in [5, 5.41) is 14.6. The smallest absolute Gasteiger partial charge is 0.142 e. The van der Waals surface area contributed by atoms with Gasteiger partial charge in [0.25, 0.3) is 0 Å². The molecule has 0 amide bonds. The lowest BCUT2D eigenvalue weighted by atomic mass is 9.90. The first-order valence-corrected chi connectivity index (χ1v) is 5.94. The van der Waals surface area contributed by atoms with Crippen molar-refractivity contribution in [3.63, 3.8) is 0 Å². The molecule has 0 fully saturated rings. The highest BCUT2D eigenvalue weighted by Crippen LogP contribution is 2.36. The van der Waals surface area contributed by atoms with E-state index in [4.69, 9.17) is 23.2 Å². The first-order valence-electron chi connectivity index (χ1n) is 5.19. The number of rotatable bonds is 2. The molecule has 0 saturated heterocycles. The van der Waals surface area contributed by atoms with Gasteiger partial charge < -0.3 is 5.11 Å². The second-order valence-corrected chi connectivity index (χ2v) is 5.04. The monoisotopic (exact) mass is 288 g/mol. The molecule has 6 heteroatoms. The van der Waals surface area contributed by atoms with Gasteiger partial charge in [0.1, 0.15) is 11.4 Å². The standard InChI is InChI=1S/C12H11Cl2FN2O/c1-12(18,7-5-16-17(2)6-7)8-3-11(15)10(14)4-9(8)13/h3-6,18H,1-2H3. The van der Waals surface area contributed by atoms with E-state index in [2.05, 4.69) is 5.10 Å². The largest absolute Gasteiger partial charge is 0.381 e. The lowest BCUT2D eigenvalue weighted by molar-refractivity contribution is 0.102. The molecule has 2 rings (SSSR count). The van der Waals surface area contributed by atoms with E-state index in [0.29, 0.717) is 5.56 Å². The maximum Gasteiger partial charge on any atom is 0.142 e. The fourth-order valence-corrected chi connectivity index (χ4v) is 2.29. The molecular weight excluding hydrogens is 278 g/mol. The molecule has 0 radical (unpaired) electrons. The van der Waals surface area contributed by atoms with Gasteiger partial charge in [-0.2, -0.15) is 5.10 Å². The van der Waals surface area contributed by atoms with Crippen LogP contribution in [0.1, 0.15) is 18.1 Å². The Morgan fingerprint density at radius 1 is 1.33 bits per heavy atom. The maximum atomic E-state index is 13.5. The van der Waals surface area contributed by atoms with Gasteiger partial charge in [-0.3, -0.25) is 4.68 Å².